The second-order valence-corrected chi connectivity index (χ2v) is 6.82. The Bertz CT molecular complexity index is 453. The lowest BCUT2D eigenvalue weighted by molar-refractivity contribution is -0.122. The van der Waals surface area contributed by atoms with Crippen LogP contribution in [-0.2, 0) is 9.53 Å². The molecule has 1 aliphatic carbocycles. The molecule has 2 rings (SSSR count). The van der Waals surface area contributed by atoms with Crippen LogP contribution < -0.4 is 0 Å². The number of Topliss-reactive ketones (excluding diaryl/α,β-unsaturated/α-hetero) is 1. The molecule has 0 bridgehead atoms. The van der Waals surface area contributed by atoms with Gasteiger partial charge in [-0.15, -0.1) is 0 Å². The van der Waals surface area contributed by atoms with Crippen molar-refractivity contribution in [1.29, 1.82) is 0 Å². The number of piperidine rings is 1. The van der Waals surface area contributed by atoms with Gasteiger partial charge in [-0.25, -0.2) is 4.79 Å². The van der Waals surface area contributed by atoms with E-state index in [0.717, 1.165) is 0 Å². The van der Waals surface area contributed by atoms with E-state index in [1.807, 2.05) is 27.7 Å². The number of nitrogens with zero attached hydrogens (tertiary/aromatic N) is 1. The second-order valence-electron chi connectivity index (χ2n) is 6.82. The van der Waals surface area contributed by atoms with Gasteiger partial charge in [0.25, 0.3) is 0 Å². The standard InChI is InChI=1S/C15H23NO4/c1-10-12(18)11(17)9-15(10)5-7-16(8-6-15)13(19)20-14(2,3)4/h9-10,17H,5-8H2,1-4H3. The average Bonchev–Trinajstić information content (AvgIpc) is 2.53. The van der Waals surface area contributed by atoms with Gasteiger partial charge in [0.15, 0.2) is 11.5 Å². The van der Waals surface area contributed by atoms with Crippen LogP contribution in [0.15, 0.2) is 11.8 Å². The molecule has 1 atom stereocenters. The van der Waals surface area contributed by atoms with Crippen molar-refractivity contribution in [3.8, 4) is 0 Å². The van der Waals surface area contributed by atoms with Gasteiger partial charge >= 0.3 is 6.09 Å². The highest BCUT2D eigenvalue weighted by Crippen LogP contribution is 2.46. The number of hydrogen-bond donors (Lipinski definition) is 1. The number of amides is 1. The first kappa shape index (κ1) is 14.9. The number of carbonyl (C=O) groups is 2. The third-order valence-corrected chi connectivity index (χ3v) is 4.28. The summed E-state index contributed by atoms with van der Waals surface area (Å²) in [6.07, 6.45) is 2.75. The summed E-state index contributed by atoms with van der Waals surface area (Å²) < 4.78 is 5.35. The monoisotopic (exact) mass is 281 g/mol. The zero-order chi connectivity index (χ0) is 15.1. The van der Waals surface area contributed by atoms with Gasteiger partial charge in [0.05, 0.1) is 0 Å². The highest BCUT2D eigenvalue weighted by molar-refractivity contribution is 5.98. The normalized spacial score (nSPS) is 25.8. The average molecular weight is 281 g/mol. The molecule has 5 heteroatoms. The highest BCUT2D eigenvalue weighted by atomic mass is 16.6. The summed E-state index contributed by atoms with van der Waals surface area (Å²) in [6, 6.07) is 0. The number of rotatable bonds is 0. The molecule has 1 unspecified atom stereocenters. The van der Waals surface area contributed by atoms with Gasteiger partial charge in [0.2, 0.25) is 0 Å². The molecule has 0 aromatic carbocycles. The first-order valence-electron chi connectivity index (χ1n) is 7.09. The van der Waals surface area contributed by atoms with Crippen molar-refractivity contribution in [1.82, 2.24) is 4.90 Å². The molecular weight excluding hydrogens is 258 g/mol. The Kier molecular flexibility index (Phi) is 3.56. The zero-order valence-electron chi connectivity index (χ0n) is 12.6. The predicted octanol–water partition coefficient (Wildman–Crippen LogP) is 2.66. The van der Waals surface area contributed by atoms with Crippen molar-refractivity contribution in [3.63, 3.8) is 0 Å². The number of allylic oxidation sites excluding steroid dienone is 2. The summed E-state index contributed by atoms with van der Waals surface area (Å²) in [5.74, 6) is -0.512. The van der Waals surface area contributed by atoms with Crippen LogP contribution in [0.3, 0.4) is 0 Å². The maximum absolute atomic E-state index is 12.0. The van der Waals surface area contributed by atoms with Gasteiger partial charge in [0.1, 0.15) is 5.60 Å². The lowest BCUT2D eigenvalue weighted by atomic mass is 9.71. The molecule has 1 N–H and O–H groups in total. The van der Waals surface area contributed by atoms with E-state index in [4.69, 9.17) is 4.74 Å². The molecule has 0 aromatic rings. The topological polar surface area (TPSA) is 66.8 Å². The van der Waals surface area contributed by atoms with E-state index in [9.17, 15) is 14.7 Å². The van der Waals surface area contributed by atoms with Crippen LogP contribution in [0, 0.1) is 11.3 Å². The minimum atomic E-state index is -0.499. The van der Waals surface area contributed by atoms with Gasteiger partial charge in [0, 0.05) is 24.4 Å². The fourth-order valence-electron chi connectivity index (χ4n) is 2.96. The molecule has 0 saturated carbocycles. The predicted molar refractivity (Wildman–Crippen MR) is 74.4 cm³/mol. The molecule has 1 heterocycles. The summed E-state index contributed by atoms with van der Waals surface area (Å²) in [5.41, 5.74) is -0.791. The first-order chi connectivity index (χ1) is 9.15. The van der Waals surface area contributed by atoms with Crippen LogP contribution in [-0.4, -0.2) is 40.6 Å². The van der Waals surface area contributed by atoms with Crippen LogP contribution in [0.25, 0.3) is 0 Å². The highest BCUT2D eigenvalue weighted by Gasteiger charge is 2.47. The van der Waals surface area contributed by atoms with Crippen molar-refractivity contribution in [3.05, 3.63) is 11.8 Å². The fraction of sp³-hybridized carbons (Fsp3) is 0.733. The van der Waals surface area contributed by atoms with Crippen molar-refractivity contribution in [2.75, 3.05) is 13.1 Å². The smallest absolute Gasteiger partial charge is 0.410 e. The number of hydrogen-bond acceptors (Lipinski definition) is 4. The third kappa shape index (κ3) is 2.67. The molecule has 112 valence electrons. The van der Waals surface area contributed by atoms with E-state index in [2.05, 4.69) is 0 Å². The molecule has 5 nitrogen and oxygen atoms in total. The van der Waals surface area contributed by atoms with E-state index >= 15 is 0 Å². The van der Waals surface area contributed by atoms with Crippen molar-refractivity contribution in [2.45, 2.75) is 46.1 Å². The van der Waals surface area contributed by atoms with Crippen molar-refractivity contribution >= 4 is 11.9 Å². The quantitative estimate of drug-likeness (QED) is 0.741. The Hall–Kier alpha value is -1.52. The Morgan fingerprint density at radius 1 is 1.40 bits per heavy atom. The first-order valence-corrected chi connectivity index (χ1v) is 7.09. The summed E-state index contributed by atoms with van der Waals surface area (Å²) in [5, 5.41) is 9.62. The molecule has 0 aromatic heterocycles. The van der Waals surface area contributed by atoms with Crippen LogP contribution >= 0.6 is 0 Å². The van der Waals surface area contributed by atoms with Crippen LogP contribution in [0.5, 0.6) is 0 Å². The molecule has 1 fully saturated rings. The van der Waals surface area contributed by atoms with Crippen LogP contribution in [0.4, 0.5) is 4.79 Å². The molecule has 1 spiro atoms. The van der Waals surface area contributed by atoms with Crippen LogP contribution in [0.1, 0.15) is 40.5 Å². The van der Waals surface area contributed by atoms with Gasteiger partial charge in [-0.05, 0) is 39.7 Å². The zero-order valence-corrected chi connectivity index (χ0v) is 12.6. The summed E-state index contributed by atoms with van der Waals surface area (Å²) >= 11 is 0. The number of ether oxygens (including phenoxy) is 1. The van der Waals surface area contributed by atoms with Gasteiger partial charge in [-0.2, -0.15) is 0 Å². The number of aliphatic hydroxyl groups excluding tert-OH is 1. The minimum absolute atomic E-state index is 0.122. The Labute approximate surface area is 119 Å². The second kappa shape index (κ2) is 4.79. The molecular formula is C15H23NO4. The van der Waals surface area contributed by atoms with Gasteiger partial charge in [-0.1, -0.05) is 6.92 Å². The molecule has 20 heavy (non-hydrogen) atoms. The number of carbonyl (C=O) groups excluding carboxylic acids is 2. The maximum atomic E-state index is 12.0. The Morgan fingerprint density at radius 2 is 1.95 bits per heavy atom. The van der Waals surface area contributed by atoms with Gasteiger partial charge in [-0.3, -0.25) is 4.79 Å². The third-order valence-electron chi connectivity index (χ3n) is 4.28. The minimum Gasteiger partial charge on any atom is -0.505 e. The van der Waals surface area contributed by atoms with E-state index in [1.54, 1.807) is 11.0 Å². The van der Waals surface area contributed by atoms with Crippen molar-refractivity contribution < 1.29 is 19.4 Å². The maximum Gasteiger partial charge on any atom is 0.410 e. The summed E-state index contributed by atoms with van der Waals surface area (Å²) in [4.78, 5) is 25.4. The SMILES string of the molecule is CC1C(=O)C(O)=CC12CCN(C(=O)OC(C)(C)C)CC2. The van der Waals surface area contributed by atoms with E-state index < -0.39 is 5.60 Å². The fourth-order valence-corrected chi connectivity index (χ4v) is 2.96. The lowest BCUT2D eigenvalue weighted by Gasteiger charge is -2.40. The van der Waals surface area contributed by atoms with E-state index in [1.165, 1.54) is 0 Å². The summed E-state index contributed by atoms with van der Waals surface area (Å²) in [7, 11) is 0. The molecule has 0 radical (unpaired) electrons. The van der Waals surface area contributed by atoms with Crippen LogP contribution in [0.2, 0.25) is 0 Å². The lowest BCUT2D eigenvalue weighted by Crippen LogP contribution is -2.46. The molecule has 1 saturated heterocycles. The van der Waals surface area contributed by atoms with E-state index in [-0.39, 0.29) is 29.0 Å². The molecule has 1 aliphatic heterocycles. The van der Waals surface area contributed by atoms with E-state index in [0.29, 0.717) is 25.9 Å². The number of aliphatic hydroxyl groups is 1. The van der Waals surface area contributed by atoms with Gasteiger partial charge < -0.3 is 14.7 Å². The number of ketones is 1. The molecule has 2 aliphatic rings. The number of likely N-dealkylation sites (tertiary alicyclic amines) is 1. The summed E-state index contributed by atoms with van der Waals surface area (Å²) in [6.45, 7) is 8.48. The Morgan fingerprint density at radius 3 is 2.35 bits per heavy atom. The molecule has 1 amide bonds. The van der Waals surface area contributed by atoms with Crippen molar-refractivity contribution in [2.24, 2.45) is 11.3 Å². The largest absolute Gasteiger partial charge is 0.505 e. The Balaban J connectivity index is 2.00.